The van der Waals surface area contributed by atoms with Crippen molar-refractivity contribution >= 4 is 17.5 Å². The first-order valence-electron chi connectivity index (χ1n) is 8.71. The predicted molar refractivity (Wildman–Crippen MR) is 103 cm³/mol. The highest BCUT2D eigenvalue weighted by Crippen LogP contribution is 2.30. The van der Waals surface area contributed by atoms with Crippen molar-refractivity contribution in [2.75, 3.05) is 5.32 Å². The van der Waals surface area contributed by atoms with E-state index in [1.165, 1.54) is 0 Å². The number of imidazole rings is 1. The number of aryl methyl sites for hydroxylation is 1. The smallest absolute Gasteiger partial charge is 0.306 e. The highest BCUT2D eigenvalue weighted by atomic mass is 19.4. The molecular formula is C21H15F3N4O. The van der Waals surface area contributed by atoms with Crippen LogP contribution in [0.5, 0.6) is 0 Å². The zero-order chi connectivity index (χ0) is 20.6. The minimum atomic E-state index is -4.46. The molecule has 1 amide bonds. The molecule has 0 fully saturated rings. The van der Waals surface area contributed by atoms with Crippen molar-refractivity contribution in [2.24, 2.45) is 0 Å². The molecule has 0 atom stereocenters. The lowest BCUT2D eigenvalue weighted by atomic mass is 10.1. The molecule has 0 saturated heterocycles. The van der Waals surface area contributed by atoms with Crippen LogP contribution in [0.3, 0.4) is 0 Å². The fourth-order valence-corrected chi connectivity index (χ4v) is 2.91. The van der Waals surface area contributed by atoms with Crippen molar-refractivity contribution in [3.63, 3.8) is 0 Å². The lowest BCUT2D eigenvalue weighted by Crippen LogP contribution is -2.14. The van der Waals surface area contributed by atoms with Gasteiger partial charge < -0.3 is 5.32 Å². The Kier molecular flexibility index (Phi) is 4.54. The van der Waals surface area contributed by atoms with E-state index in [9.17, 15) is 18.0 Å². The third-order valence-electron chi connectivity index (χ3n) is 4.44. The second-order valence-corrected chi connectivity index (χ2v) is 6.49. The molecule has 5 nitrogen and oxygen atoms in total. The monoisotopic (exact) mass is 396 g/mol. The third kappa shape index (κ3) is 3.69. The Balaban J connectivity index is 1.72. The maximum Gasteiger partial charge on any atom is 0.416 e. The first kappa shape index (κ1) is 18.7. The number of aromatic nitrogens is 3. The van der Waals surface area contributed by atoms with E-state index in [0.717, 1.165) is 35.4 Å². The first-order valence-corrected chi connectivity index (χ1v) is 8.71. The quantitative estimate of drug-likeness (QED) is 0.532. The average molecular weight is 396 g/mol. The SMILES string of the molecule is Cc1ccc(-c2nc3ncccn3c2NC(=O)c2ccc(C(F)(F)F)cc2)cc1. The second-order valence-electron chi connectivity index (χ2n) is 6.49. The molecule has 4 rings (SSSR count). The predicted octanol–water partition coefficient (Wildman–Crippen LogP) is 4.98. The number of benzene rings is 2. The molecule has 0 unspecified atom stereocenters. The van der Waals surface area contributed by atoms with Crippen molar-refractivity contribution in [1.29, 1.82) is 0 Å². The maximum absolute atomic E-state index is 12.8. The van der Waals surface area contributed by atoms with Gasteiger partial charge >= 0.3 is 6.18 Å². The molecule has 0 aliphatic rings. The standard InChI is InChI=1S/C21H15F3N4O/c1-13-3-5-14(6-4-13)17-18(28-12-2-11-25-20(28)26-17)27-19(29)15-7-9-16(10-8-15)21(22,23)24/h2-12H,1H3,(H,27,29). The van der Waals surface area contributed by atoms with Crippen molar-refractivity contribution in [2.45, 2.75) is 13.1 Å². The van der Waals surface area contributed by atoms with E-state index in [-0.39, 0.29) is 5.56 Å². The van der Waals surface area contributed by atoms with Gasteiger partial charge in [0.05, 0.1) is 5.56 Å². The van der Waals surface area contributed by atoms with Crippen LogP contribution in [0.2, 0.25) is 0 Å². The van der Waals surface area contributed by atoms with Gasteiger partial charge in [0.25, 0.3) is 5.91 Å². The largest absolute Gasteiger partial charge is 0.416 e. The number of nitrogens with zero attached hydrogens (tertiary/aromatic N) is 3. The Hall–Kier alpha value is -3.68. The minimum absolute atomic E-state index is 0.103. The summed E-state index contributed by atoms with van der Waals surface area (Å²) in [7, 11) is 0. The lowest BCUT2D eigenvalue weighted by Gasteiger charge is -2.10. The Morgan fingerprint density at radius 1 is 1.03 bits per heavy atom. The molecule has 0 aliphatic carbocycles. The lowest BCUT2D eigenvalue weighted by molar-refractivity contribution is -0.137. The number of amides is 1. The summed E-state index contributed by atoms with van der Waals surface area (Å²) in [5, 5.41) is 2.76. The summed E-state index contributed by atoms with van der Waals surface area (Å²) in [5.41, 5.74) is 1.67. The molecule has 0 bridgehead atoms. The summed E-state index contributed by atoms with van der Waals surface area (Å²) in [6, 6.07) is 13.4. The summed E-state index contributed by atoms with van der Waals surface area (Å²) in [6.07, 6.45) is -1.17. The number of halogens is 3. The van der Waals surface area contributed by atoms with Crippen LogP contribution in [0.25, 0.3) is 17.0 Å². The molecule has 2 aromatic heterocycles. The Morgan fingerprint density at radius 2 is 1.72 bits per heavy atom. The van der Waals surface area contributed by atoms with Gasteiger partial charge in [0, 0.05) is 23.5 Å². The maximum atomic E-state index is 12.8. The molecule has 0 aliphatic heterocycles. The number of carbonyl (C=O) groups is 1. The van der Waals surface area contributed by atoms with E-state index in [1.807, 2.05) is 31.2 Å². The number of hydrogen-bond donors (Lipinski definition) is 1. The van der Waals surface area contributed by atoms with Crippen molar-refractivity contribution in [3.05, 3.63) is 83.7 Å². The van der Waals surface area contributed by atoms with Gasteiger partial charge in [-0.05, 0) is 37.3 Å². The molecule has 8 heteroatoms. The fourth-order valence-electron chi connectivity index (χ4n) is 2.91. The van der Waals surface area contributed by atoms with Gasteiger partial charge in [-0.1, -0.05) is 29.8 Å². The van der Waals surface area contributed by atoms with Crippen LogP contribution in [0.4, 0.5) is 19.0 Å². The van der Waals surface area contributed by atoms with Gasteiger partial charge in [-0.2, -0.15) is 13.2 Å². The zero-order valence-corrected chi connectivity index (χ0v) is 15.2. The van der Waals surface area contributed by atoms with E-state index >= 15 is 0 Å². The molecule has 1 N–H and O–H groups in total. The molecule has 2 aromatic carbocycles. The summed E-state index contributed by atoms with van der Waals surface area (Å²) >= 11 is 0. The van der Waals surface area contributed by atoms with Crippen molar-refractivity contribution in [1.82, 2.24) is 14.4 Å². The fraction of sp³-hybridized carbons (Fsp3) is 0.0952. The van der Waals surface area contributed by atoms with Crippen LogP contribution >= 0.6 is 0 Å². The normalized spacial score (nSPS) is 11.6. The van der Waals surface area contributed by atoms with E-state index in [4.69, 9.17) is 0 Å². The van der Waals surface area contributed by atoms with Crippen LogP contribution in [0.1, 0.15) is 21.5 Å². The number of nitrogens with one attached hydrogen (secondary N) is 1. The zero-order valence-electron chi connectivity index (χ0n) is 15.2. The number of anilines is 1. The number of fused-ring (bicyclic) bond motifs is 1. The van der Waals surface area contributed by atoms with Gasteiger partial charge in [0.2, 0.25) is 5.78 Å². The Labute approximate surface area is 163 Å². The molecule has 0 spiro atoms. The molecule has 2 heterocycles. The van der Waals surface area contributed by atoms with E-state index < -0.39 is 17.6 Å². The minimum Gasteiger partial charge on any atom is -0.306 e. The van der Waals surface area contributed by atoms with E-state index in [1.54, 1.807) is 22.9 Å². The average Bonchev–Trinajstić information content (AvgIpc) is 3.06. The van der Waals surface area contributed by atoms with Gasteiger partial charge in [-0.3, -0.25) is 9.20 Å². The van der Waals surface area contributed by atoms with Crippen LogP contribution in [0, 0.1) is 6.92 Å². The van der Waals surface area contributed by atoms with Crippen molar-refractivity contribution in [3.8, 4) is 11.3 Å². The van der Waals surface area contributed by atoms with E-state index in [0.29, 0.717) is 17.3 Å². The molecule has 4 aromatic rings. The highest BCUT2D eigenvalue weighted by molar-refractivity contribution is 6.05. The van der Waals surface area contributed by atoms with Crippen LogP contribution in [-0.4, -0.2) is 20.3 Å². The number of carbonyl (C=O) groups excluding carboxylic acids is 1. The molecule has 0 radical (unpaired) electrons. The Bertz CT molecular complexity index is 1180. The third-order valence-corrected chi connectivity index (χ3v) is 4.44. The summed E-state index contributed by atoms with van der Waals surface area (Å²) in [6.45, 7) is 1.96. The summed E-state index contributed by atoms with van der Waals surface area (Å²) in [4.78, 5) is 21.4. The molecule has 0 saturated carbocycles. The second kappa shape index (κ2) is 7.05. The highest BCUT2D eigenvalue weighted by Gasteiger charge is 2.30. The van der Waals surface area contributed by atoms with Crippen LogP contribution in [-0.2, 0) is 6.18 Å². The van der Waals surface area contributed by atoms with Crippen molar-refractivity contribution < 1.29 is 18.0 Å². The summed E-state index contributed by atoms with van der Waals surface area (Å²) < 4.78 is 39.9. The topological polar surface area (TPSA) is 59.3 Å². The van der Waals surface area contributed by atoms with Gasteiger partial charge in [0.1, 0.15) is 11.5 Å². The van der Waals surface area contributed by atoms with Crippen LogP contribution < -0.4 is 5.32 Å². The van der Waals surface area contributed by atoms with E-state index in [2.05, 4.69) is 15.3 Å². The number of rotatable bonds is 3. The van der Waals surface area contributed by atoms with Gasteiger partial charge in [0.15, 0.2) is 0 Å². The molecular weight excluding hydrogens is 381 g/mol. The number of alkyl halides is 3. The van der Waals surface area contributed by atoms with Gasteiger partial charge in [-0.25, -0.2) is 9.97 Å². The van der Waals surface area contributed by atoms with Crippen LogP contribution in [0.15, 0.2) is 67.0 Å². The van der Waals surface area contributed by atoms with Gasteiger partial charge in [-0.15, -0.1) is 0 Å². The Morgan fingerprint density at radius 3 is 2.38 bits per heavy atom. The molecule has 146 valence electrons. The summed E-state index contributed by atoms with van der Waals surface area (Å²) in [5.74, 6) is 0.241. The molecule has 29 heavy (non-hydrogen) atoms. The number of hydrogen-bond acceptors (Lipinski definition) is 3. The first-order chi connectivity index (χ1) is 13.8.